The molecule has 3 aromatic heterocycles. The average Bonchev–Trinajstić information content (AvgIpc) is 3.54. The Morgan fingerprint density at radius 1 is 0.972 bits per heavy atom. The highest BCUT2D eigenvalue weighted by Gasteiger charge is 2.29. The van der Waals surface area contributed by atoms with Gasteiger partial charge in [0.1, 0.15) is 16.8 Å². The lowest BCUT2D eigenvalue weighted by atomic mass is 10.0. The van der Waals surface area contributed by atoms with E-state index in [1.54, 1.807) is 17.0 Å². The number of likely N-dealkylation sites (tertiary alicyclic amines) is 1. The Hall–Kier alpha value is -4.30. The number of hydrogen-bond acceptors (Lipinski definition) is 6. The van der Waals surface area contributed by atoms with Gasteiger partial charge in [-0.25, -0.2) is 4.79 Å². The Labute approximate surface area is 207 Å². The smallest absolute Gasteiger partial charge is 0.348 e. The van der Waals surface area contributed by atoms with E-state index in [-0.39, 0.29) is 17.6 Å². The van der Waals surface area contributed by atoms with Crippen molar-refractivity contribution in [2.24, 2.45) is 5.73 Å². The molecule has 0 saturated carbocycles. The number of benzene rings is 2. The third kappa shape index (κ3) is 3.76. The van der Waals surface area contributed by atoms with Crippen LogP contribution in [0.2, 0.25) is 0 Å². The Morgan fingerprint density at radius 2 is 1.78 bits per heavy atom. The van der Waals surface area contributed by atoms with Crippen molar-refractivity contribution in [1.29, 1.82) is 0 Å². The molecular weight excluding hydrogens is 454 g/mol. The fourth-order valence-electron chi connectivity index (χ4n) is 5.24. The summed E-state index contributed by atoms with van der Waals surface area (Å²) in [7, 11) is 0. The predicted octanol–water partition coefficient (Wildman–Crippen LogP) is 3.82. The highest BCUT2D eigenvalue weighted by Crippen LogP contribution is 2.38. The second-order valence-corrected chi connectivity index (χ2v) is 9.05. The van der Waals surface area contributed by atoms with Gasteiger partial charge in [0, 0.05) is 42.0 Å². The van der Waals surface area contributed by atoms with E-state index in [0.717, 1.165) is 41.5 Å². The van der Waals surface area contributed by atoms with E-state index >= 15 is 0 Å². The van der Waals surface area contributed by atoms with Crippen molar-refractivity contribution in [2.45, 2.75) is 25.4 Å². The fraction of sp³-hybridized carbons (Fsp3) is 0.214. The van der Waals surface area contributed by atoms with Gasteiger partial charge in [0.15, 0.2) is 5.58 Å². The van der Waals surface area contributed by atoms with Gasteiger partial charge in [-0.05, 0) is 43.1 Å². The SMILES string of the molecule is NC(=O)[C@H]1CCCN1CCn1c(=O)nc(-c2ccccc2)c2oc3c(-c4ccncc4)cccc3c21. The van der Waals surface area contributed by atoms with E-state index in [2.05, 4.69) is 14.9 Å². The summed E-state index contributed by atoms with van der Waals surface area (Å²) in [6.07, 6.45) is 5.14. The van der Waals surface area contributed by atoms with Crippen LogP contribution in [0.15, 0.2) is 82.3 Å². The largest absolute Gasteiger partial charge is 0.451 e. The van der Waals surface area contributed by atoms with Crippen LogP contribution in [0.3, 0.4) is 0 Å². The molecule has 1 aliphatic heterocycles. The number of pyridine rings is 1. The van der Waals surface area contributed by atoms with Crippen LogP contribution in [0, 0.1) is 0 Å². The topological polar surface area (TPSA) is 107 Å². The zero-order valence-electron chi connectivity index (χ0n) is 19.6. The number of nitrogens with two attached hydrogens (primary N) is 1. The van der Waals surface area contributed by atoms with Gasteiger partial charge in [0.05, 0.1) is 6.04 Å². The molecule has 8 nitrogen and oxygen atoms in total. The number of aromatic nitrogens is 3. The molecule has 1 aliphatic rings. The Kier molecular flexibility index (Phi) is 5.58. The number of nitrogens with zero attached hydrogens (tertiary/aromatic N) is 4. The molecule has 8 heteroatoms. The van der Waals surface area contributed by atoms with Crippen molar-refractivity contribution in [3.05, 3.63) is 83.5 Å². The molecule has 0 aliphatic carbocycles. The lowest BCUT2D eigenvalue weighted by molar-refractivity contribution is -0.122. The fourth-order valence-corrected chi connectivity index (χ4v) is 5.24. The summed E-state index contributed by atoms with van der Waals surface area (Å²) in [5, 5.41) is 0.837. The molecule has 0 bridgehead atoms. The molecular formula is C28H25N5O3. The minimum absolute atomic E-state index is 0.299. The van der Waals surface area contributed by atoms with E-state index in [4.69, 9.17) is 10.2 Å². The van der Waals surface area contributed by atoms with E-state index in [1.165, 1.54) is 0 Å². The zero-order valence-corrected chi connectivity index (χ0v) is 19.6. The van der Waals surface area contributed by atoms with Gasteiger partial charge in [0.2, 0.25) is 5.91 Å². The number of primary amides is 1. The second-order valence-electron chi connectivity index (χ2n) is 9.05. The Bertz CT molecular complexity index is 1630. The molecule has 0 radical (unpaired) electrons. The Balaban J connectivity index is 1.56. The molecule has 0 unspecified atom stereocenters. The molecule has 1 amide bonds. The molecule has 1 atom stereocenters. The normalized spacial score (nSPS) is 16.2. The van der Waals surface area contributed by atoms with Crippen molar-refractivity contribution < 1.29 is 9.21 Å². The van der Waals surface area contributed by atoms with Crippen LogP contribution in [0.1, 0.15) is 12.8 Å². The number of fused-ring (bicyclic) bond motifs is 3. The van der Waals surface area contributed by atoms with Crippen LogP contribution in [0.25, 0.3) is 44.5 Å². The highest BCUT2D eigenvalue weighted by molar-refractivity contribution is 6.10. The first kappa shape index (κ1) is 22.2. The van der Waals surface area contributed by atoms with Crippen LogP contribution in [-0.4, -0.2) is 44.5 Å². The molecule has 1 fully saturated rings. The van der Waals surface area contributed by atoms with Gasteiger partial charge in [-0.1, -0.05) is 42.5 Å². The quantitative estimate of drug-likeness (QED) is 0.397. The van der Waals surface area contributed by atoms with Gasteiger partial charge < -0.3 is 10.2 Å². The molecule has 5 aromatic rings. The van der Waals surface area contributed by atoms with Crippen molar-refractivity contribution in [3.8, 4) is 22.4 Å². The molecule has 0 spiro atoms. The molecule has 180 valence electrons. The predicted molar refractivity (Wildman–Crippen MR) is 138 cm³/mol. The van der Waals surface area contributed by atoms with E-state index in [0.29, 0.717) is 35.5 Å². The van der Waals surface area contributed by atoms with E-state index < -0.39 is 0 Å². The second kappa shape index (κ2) is 9.05. The van der Waals surface area contributed by atoms with Crippen LogP contribution in [0.4, 0.5) is 0 Å². The van der Waals surface area contributed by atoms with E-state index in [1.807, 2.05) is 60.7 Å². The number of rotatable bonds is 6. The molecule has 36 heavy (non-hydrogen) atoms. The third-order valence-corrected chi connectivity index (χ3v) is 6.95. The maximum atomic E-state index is 13.4. The number of carbonyl (C=O) groups excluding carboxylic acids is 1. The average molecular weight is 480 g/mol. The standard InChI is InChI=1S/C28H25N5O3/c29-27(34)22-10-5-15-32(22)16-17-33-24-21-9-4-8-20(18-11-13-30-14-12-18)25(21)36-26(24)23(31-28(33)35)19-6-2-1-3-7-19/h1-4,6-9,11-14,22H,5,10,15-17H2,(H2,29,34)/t22-/m1/s1. The van der Waals surface area contributed by atoms with Crippen molar-refractivity contribution in [1.82, 2.24) is 19.4 Å². The first-order chi connectivity index (χ1) is 17.6. The molecule has 6 rings (SSSR count). The lowest BCUT2D eigenvalue weighted by Crippen LogP contribution is -2.42. The number of para-hydroxylation sites is 1. The zero-order chi connectivity index (χ0) is 24.6. The van der Waals surface area contributed by atoms with Crippen molar-refractivity contribution in [2.75, 3.05) is 13.1 Å². The van der Waals surface area contributed by atoms with Gasteiger partial charge in [-0.2, -0.15) is 4.98 Å². The summed E-state index contributed by atoms with van der Waals surface area (Å²) in [5.41, 5.74) is 10.4. The summed E-state index contributed by atoms with van der Waals surface area (Å²) >= 11 is 0. The summed E-state index contributed by atoms with van der Waals surface area (Å²) in [6, 6.07) is 19.1. The monoisotopic (exact) mass is 479 g/mol. The molecule has 4 heterocycles. The number of hydrogen-bond donors (Lipinski definition) is 1. The maximum Gasteiger partial charge on any atom is 0.348 e. The third-order valence-electron chi connectivity index (χ3n) is 6.95. The summed E-state index contributed by atoms with van der Waals surface area (Å²) in [5.74, 6) is -0.321. The number of carbonyl (C=O) groups is 1. The summed E-state index contributed by atoms with van der Waals surface area (Å²) < 4.78 is 8.19. The van der Waals surface area contributed by atoms with Crippen LogP contribution in [0.5, 0.6) is 0 Å². The Morgan fingerprint density at radius 3 is 2.56 bits per heavy atom. The number of furan rings is 1. The van der Waals surface area contributed by atoms with E-state index in [9.17, 15) is 9.59 Å². The van der Waals surface area contributed by atoms with Gasteiger partial charge in [0.25, 0.3) is 0 Å². The minimum atomic E-state index is -0.354. The highest BCUT2D eigenvalue weighted by atomic mass is 16.3. The summed E-state index contributed by atoms with van der Waals surface area (Å²) in [4.78, 5) is 36.0. The summed E-state index contributed by atoms with van der Waals surface area (Å²) in [6.45, 7) is 1.67. The first-order valence-corrected chi connectivity index (χ1v) is 12.1. The molecule has 1 saturated heterocycles. The molecule has 2 aromatic carbocycles. The number of amides is 1. The van der Waals surface area contributed by atoms with Crippen LogP contribution in [-0.2, 0) is 11.3 Å². The minimum Gasteiger partial charge on any atom is -0.451 e. The van der Waals surface area contributed by atoms with Gasteiger partial charge in [-0.15, -0.1) is 0 Å². The van der Waals surface area contributed by atoms with Gasteiger partial charge in [-0.3, -0.25) is 19.2 Å². The lowest BCUT2D eigenvalue weighted by Gasteiger charge is -2.22. The van der Waals surface area contributed by atoms with Crippen LogP contribution < -0.4 is 11.4 Å². The van der Waals surface area contributed by atoms with Crippen molar-refractivity contribution in [3.63, 3.8) is 0 Å². The van der Waals surface area contributed by atoms with Crippen LogP contribution >= 0.6 is 0 Å². The molecule has 2 N–H and O–H groups in total. The maximum absolute atomic E-state index is 13.4. The van der Waals surface area contributed by atoms with Crippen molar-refractivity contribution >= 4 is 28.0 Å². The van der Waals surface area contributed by atoms with Gasteiger partial charge >= 0.3 is 5.69 Å². The first-order valence-electron chi connectivity index (χ1n) is 12.1.